The second-order valence-corrected chi connectivity index (χ2v) is 11.8. The number of rotatable bonds is 10. The van der Waals surface area contributed by atoms with Gasteiger partial charge in [0, 0.05) is 16.0 Å². The summed E-state index contributed by atoms with van der Waals surface area (Å²) in [6.07, 6.45) is 4.16. The SMILES string of the molecule is CCOC(=O)c1ccc(CNC(=O)C(c2ccc(Cn3nc(-c4ccc(Cl)cc4)c4ccccc4c3=O)cc2)C2CCCC2)o1. The number of hydrogen-bond acceptors (Lipinski definition) is 6. The van der Waals surface area contributed by atoms with Crippen LogP contribution in [0, 0.1) is 5.92 Å². The average Bonchev–Trinajstić information content (AvgIpc) is 3.76. The molecule has 1 aliphatic rings. The molecule has 0 spiro atoms. The molecule has 6 rings (SSSR count). The van der Waals surface area contributed by atoms with Gasteiger partial charge in [-0.3, -0.25) is 9.59 Å². The Morgan fingerprint density at radius 2 is 1.69 bits per heavy atom. The summed E-state index contributed by atoms with van der Waals surface area (Å²) in [4.78, 5) is 39.0. The van der Waals surface area contributed by atoms with E-state index in [1.807, 2.05) is 72.8 Å². The van der Waals surface area contributed by atoms with Crippen LogP contribution in [0.15, 0.2) is 94.1 Å². The normalized spacial score (nSPS) is 14.0. The van der Waals surface area contributed by atoms with Crippen LogP contribution in [0.4, 0.5) is 0 Å². The zero-order valence-corrected chi connectivity index (χ0v) is 25.8. The Morgan fingerprint density at radius 3 is 2.40 bits per heavy atom. The summed E-state index contributed by atoms with van der Waals surface area (Å²) < 4.78 is 12.1. The molecule has 5 aromatic rings. The summed E-state index contributed by atoms with van der Waals surface area (Å²) in [5, 5.41) is 9.80. The van der Waals surface area contributed by atoms with Gasteiger partial charge < -0.3 is 14.5 Å². The second-order valence-electron chi connectivity index (χ2n) is 11.3. The summed E-state index contributed by atoms with van der Waals surface area (Å²) in [5.41, 5.74) is 3.24. The van der Waals surface area contributed by atoms with Crippen LogP contribution in [-0.2, 0) is 22.6 Å². The lowest BCUT2D eigenvalue weighted by Crippen LogP contribution is -2.32. The summed E-state index contributed by atoms with van der Waals surface area (Å²) in [6, 6.07) is 26.0. The number of furan rings is 1. The van der Waals surface area contributed by atoms with Crippen LogP contribution < -0.4 is 10.9 Å². The molecule has 0 bridgehead atoms. The molecule has 0 saturated heterocycles. The lowest BCUT2D eigenvalue weighted by atomic mass is 9.83. The van der Waals surface area contributed by atoms with Crippen molar-refractivity contribution < 1.29 is 18.7 Å². The quantitative estimate of drug-likeness (QED) is 0.166. The van der Waals surface area contributed by atoms with Gasteiger partial charge in [-0.05, 0) is 67.1 Å². The van der Waals surface area contributed by atoms with Crippen molar-refractivity contribution >= 4 is 34.2 Å². The van der Waals surface area contributed by atoms with Crippen molar-refractivity contribution in [2.24, 2.45) is 5.92 Å². The van der Waals surface area contributed by atoms with Gasteiger partial charge >= 0.3 is 5.97 Å². The van der Waals surface area contributed by atoms with Crippen LogP contribution in [0.3, 0.4) is 0 Å². The van der Waals surface area contributed by atoms with E-state index in [4.69, 9.17) is 25.9 Å². The van der Waals surface area contributed by atoms with Crippen LogP contribution in [0.2, 0.25) is 5.02 Å². The first-order chi connectivity index (χ1) is 21.9. The molecule has 8 nitrogen and oxygen atoms in total. The number of aromatic nitrogens is 2. The van der Waals surface area contributed by atoms with Crippen molar-refractivity contribution in [1.29, 1.82) is 0 Å². The first-order valence-electron chi connectivity index (χ1n) is 15.3. The van der Waals surface area contributed by atoms with Crippen molar-refractivity contribution in [2.75, 3.05) is 6.61 Å². The zero-order valence-electron chi connectivity index (χ0n) is 25.0. The number of fused-ring (bicyclic) bond motifs is 1. The summed E-state index contributed by atoms with van der Waals surface area (Å²) in [7, 11) is 0. The van der Waals surface area contributed by atoms with E-state index in [1.165, 1.54) is 4.68 Å². The van der Waals surface area contributed by atoms with Gasteiger partial charge in [0.05, 0.1) is 36.7 Å². The number of amides is 1. The number of carbonyl (C=O) groups excluding carboxylic acids is 2. The van der Waals surface area contributed by atoms with E-state index in [2.05, 4.69) is 5.32 Å². The number of ether oxygens (including phenoxy) is 1. The van der Waals surface area contributed by atoms with E-state index in [-0.39, 0.29) is 48.8 Å². The minimum Gasteiger partial charge on any atom is -0.460 e. The van der Waals surface area contributed by atoms with E-state index in [0.29, 0.717) is 21.9 Å². The van der Waals surface area contributed by atoms with Gasteiger partial charge in [0.2, 0.25) is 11.7 Å². The van der Waals surface area contributed by atoms with Gasteiger partial charge in [0.15, 0.2) is 0 Å². The maximum atomic E-state index is 13.6. The van der Waals surface area contributed by atoms with Crippen molar-refractivity contribution in [3.05, 3.63) is 123 Å². The molecule has 0 radical (unpaired) electrons. The standard InChI is InChI=1S/C36H34ClN3O5/c1-2-44-36(43)31-20-19-28(45-31)21-38-34(41)32(24-7-3-4-8-24)25-13-11-23(12-14-25)22-40-35(42)30-10-6-5-9-29(30)33(39-40)26-15-17-27(37)18-16-26/h5-6,9-20,24,32H,2-4,7-8,21-22H2,1H3,(H,38,41). The Hall–Kier alpha value is -4.69. The van der Waals surface area contributed by atoms with Crippen molar-refractivity contribution in [1.82, 2.24) is 15.1 Å². The molecule has 45 heavy (non-hydrogen) atoms. The van der Waals surface area contributed by atoms with Gasteiger partial charge in [0.1, 0.15) is 5.76 Å². The first kappa shape index (κ1) is 30.3. The first-order valence-corrected chi connectivity index (χ1v) is 15.7. The molecule has 2 heterocycles. The predicted molar refractivity (Wildman–Crippen MR) is 173 cm³/mol. The van der Waals surface area contributed by atoms with Gasteiger partial charge in [-0.15, -0.1) is 0 Å². The van der Waals surface area contributed by atoms with E-state index in [9.17, 15) is 14.4 Å². The average molecular weight is 624 g/mol. The molecule has 1 N–H and O–H groups in total. The van der Waals surface area contributed by atoms with Gasteiger partial charge in [0.25, 0.3) is 5.56 Å². The number of halogens is 1. The fourth-order valence-electron chi connectivity index (χ4n) is 6.16. The fourth-order valence-corrected chi connectivity index (χ4v) is 6.29. The highest BCUT2D eigenvalue weighted by molar-refractivity contribution is 6.30. The molecule has 0 aliphatic heterocycles. The van der Waals surface area contributed by atoms with Crippen molar-refractivity contribution in [2.45, 2.75) is 51.6 Å². The molecule has 1 fully saturated rings. The number of benzene rings is 3. The molecule has 2 aromatic heterocycles. The van der Waals surface area contributed by atoms with Crippen molar-refractivity contribution in [3.8, 4) is 11.3 Å². The third-order valence-corrected chi connectivity index (χ3v) is 8.64. The fraction of sp³-hybridized carbons (Fsp3) is 0.278. The van der Waals surface area contributed by atoms with Crippen LogP contribution in [0.5, 0.6) is 0 Å². The minimum absolute atomic E-state index is 0.0799. The molecular formula is C36H34ClN3O5. The lowest BCUT2D eigenvalue weighted by Gasteiger charge is -2.23. The highest BCUT2D eigenvalue weighted by Gasteiger charge is 2.32. The van der Waals surface area contributed by atoms with Crippen molar-refractivity contribution in [3.63, 3.8) is 0 Å². The van der Waals surface area contributed by atoms with E-state index >= 15 is 0 Å². The summed E-state index contributed by atoms with van der Waals surface area (Å²) >= 11 is 6.12. The predicted octanol–water partition coefficient (Wildman–Crippen LogP) is 7.13. The molecule has 1 atom stereocenters. The van der Waals surface area contributed by atoms with E-state index in [0.717, 1.165) is 47.8 Å². The second kappa shape index (κ2) is 13.5. The third kappa shape index (κ3) is 6.71. The third-order valence-electron chi connectivity index (χ3n) is 8.39. The Morgan fingerprint density at radius 1 is 0.978 bits per heavy atom. The Bertz CT molecular complexity index is 1870. The highest BCUT2D eigenvalue weighted by atomic mass is 35.5. The van der Waals surface area contributed by atoms with E-state index in [1.54, 1.807) is 19.1 Å². The Kier molecular flexibility index (Phi) is 9.12. The zero-order chi connectivity index (χ0) is 31.3. The topological polar surface area (TPSA) is 103 Å². The highest BCUT2D eigenvalue weighted by Crippen LogP contribution is 2.38. The number of esters is 1. The van der Waals surface area contributed by atoms with Gasteiger partial charge in [-0.25, -0.2) is 9.48 Å². The maximum absolute atomic E-state index is 13.6. The van der Waals surface area contributed by atoms with Gasteiger partial charge in [-0.2, -0.15) is 5.10 Å². The molecule has 1 unspecified atom stereocenters. The smallest absolute Gasteiger partial charge is 0.374 e. The van der Waals surface area contributed by atoms with E-state index < -0.39 is 5.97 Å². The van der Waals surface area contributed by atoms with Crippen LogP contribution >= 0.6 is 11.6 Å². The molecule has 230 valence electrons. The summed E-state index contributed by atoms with van der Waals surface area (Å²) in [5.74, 6) is -0.0963. The van der Waals surface area contributed by atoms with Crippen LogP contribution in [0.25, 0.3) is 22.0 Å². The molecule has 1 saturated carbocycles. The Balaban J connectivity index is 1.23. The molecule has 1 amide bonds. The maximum Gasteiger partial charge on any atom is 0.374 e. The molecule has 3 aromatic carbocycles. The number of nitrogens with one attached hydrogen (secondary N) is 1. The monoisotopic (exact) mass is 623 g/mol. The Labute approximate surface area is 266 Å². The van der Waals surface area contributed by atoms with Gasteiger partial charge in [-0.1, -0.05) is 79.0 Å². The molecular weight excluding hydrogens is 590 g/mol. The number of hydrogen-bond donors (Lipinski definition) is 1. The molecule has 1 aliphatic carbocycles. The molecule has 9 heteroatoms. The largest absolute Gasteiger partial charge is 0.460 e. The summed E-state index contributed by atoms with van der Waals surface area (Å²) in [6.45, 7) is 2.45. The van der Waals surface area contributed by atoms with Crippen LogP contribution in [0.1, 0.15) is 66.0 Å². The van der Waals surface area contributed by atoms with Crippen LogP contribution in [-0.4, -0.2) is 28.3 Å². The lowest BCUT2D eigenvalue weighted by molar-refractivity contribution is -0.124. The number of nitrogens with zero attached hydrogens (tertiary/aromatic N) is 2. The number of carbonyl (C=O) groups is 2. The minimum atomic E-state index is -0.527.